The molecular formula is C16H16BrN3. The molecule has 1 aliphatic rings. The van der Waals surface area contributed by atoms with Crippen molar-refractivity contribution in [1.29, 1.82) is 0 Å². The molecule has 1 atom stereocenters. The Hall–Kier alpha value is -1.81. The third kappa shape index (κ3) is 2.70. The fourth-order valence-corrected chi connectivity index (χ4v) is 2.79. The number of anilines is 1. The van der Waals surface area contributed by atoms with Gasteiger partial charge in [0.2, 0.25) is 0 Å². The molecule has 3 nitrogen and oxygen atoms in total. The Balaban J connectivity index is 1.83. The van der Waals surface area contributed by atoms with E-state index in [0.717, 1.165) is 23.1 Å². The summed E-state index contributed by atoms with van der Waals surface area (Å²) < 4.78 is 1.07. The van der Waals surface area contributed by atoms with Gasteiger partial charge in [0.1, 0.15) is 0 Å². The molecule has 1 unspecified atom stereocenters. The summed E-state index contributed by atoms with van der Waals surface area (Å²) in [6.45, 7) is 0.747. The molecule has 2 aromatic rings. The number of nitrogens with zero attached hydrogens (tertiary/aromatic N) is 2. The molecule has 3 rings (SSSR count). The smallest absolute Gasteiger partial charge is 0.196 e. The van der Waals surface area contributed by atoms with Gasteiger partial charge in [-0.2, -0.15) is 0 Å². The minimum absolute atomic E-state index is 0.290. The van der Waals surface area contributed by atoms with E-state index in [4.69, 9.17) is 5.73 Å². The van der Waals surface area contributed by atoms with E-state index < -0.39 is 0 Å². The van der Waals surface area contributed by atoms with Crippen LogP contribution in [0.2, 0.25) is 0 Å². The number of guanidine groups is 1. The van der Waals surface area contributed by atoms with Crippen LogP contribution in [0.5, 0.6) is 0 Å². The van der Waals surface area contributed by atoms with Crippen LogP contribution in [0.15, 0.2) is 64.1 Å². The van der Waals surface area contributed by atoms with Gasteiger partial charge in [0, 0.05) is 10.2 Å². The van der Waals surface area contributed by atoms with E-state index in [1.807, 2.05) is 18.2 Å². The SMILES string of the molecule is NC1=NCC(Cc2ccccc2)N1c1ccc(Br)cc1. The first kappa shape index (κ1) is 13.2. The fraction of sp³-hybridized carbons (Fsp3) is 0.188. The number of halogens is 1. The van der Waals surface area contributed by atoms with Gasteiger partial charge < -0.3 is 10.6 Å². The van der Waals surface area contributed by atoms with Crippen molar-refractivity contribution in [3.63, 3.8) is 0 Å². The molecule has 0 saturated heterocycles. The van der Waals surface area contributed by atoms with E-state index in [1.54, 1.807) is 0 Å². The Bertz CT molecular complexity index is 607. The molecular weight excluding hydrogens is 314 g/mol. The molecule has 20 heavy (non-hydrogen) atoms. The van der Waals surface area contributed by atoms with Crippen LogP contribution in [0.3, 0.4) is 0 Å². The van der Waals surface area contributed by atoms with Crippen LogP contribution in [0.1, 0.15) is 5.56 Å². The Morgan fingerprint density at radius 1 is 1.10 bits per heavy atom. The highest BCUT2D eigenvalue weighted by Crippen LogP contribution is 2.24. The zero-order chi connectivity index (χ0) is 13.9. The van der Waals surface area contributed by atoms with Gasteiger partial charge in [-0.25, -0.2) is 0 Å². The second-order valence-corrected chi connectivity index (χ2v) is 5.80. The van der Waals surface area contributed by atoms with Crippen molar-refractivity contribution in [2.45, 2.75) is 12.5 Å². The van der Waals surface area contributed by atoms with Crippen LogP contribution in [-0.2, 0) is 6.42 Å². The van der Waals surface area contributed by atoms with Gasteiger partial charge in [0.15, 0.2) is 5.96 Å². The minimum atomic E-state index is 0.290. The molecule has 1 heterocycles. The summed E-state index contributed by atoms with van der Waals surface area (Å²) in [5.41, 5.74) is 8.46. The molecule has 1 aliphatic heterocycles. The summed E-state index contributed by atoms with van der Waals surface area (Å²) in [6, 6.07) is 18.9. The molecule has 2 N–H and O–H groups in total. The van der Waals surface area contributed by atoms with Crippen LogP contribution in [-0.4, -0.2) is 18.5 Å². The summed E-state index contributed by atoms with van der Waals surface area (Å²) in [5.74, 6) is 0.605. The molecule has 0 bridgehead atoms. The Morgan fingerprint density at radius 3 is 2.50 bits per heavy atom. The highest BCUT2D eigenvalue weighted by atomic mass is 79.9. The lowest BCUT2D eigenvalue weighted by Crippen LogP contribution is -2.42. The zero-order valence-electron chi connectivity index (χ0n) is 11.0. The molecule has 0 spiro atoms. The molecule has 4 heteroatoms. The summed E-state index contributed by atoms with van der Waals surface area (Å²) in [5, 5.41) is 0. The van der Waals surface area contributed by atoms with Gasteiger partial charge in [-0.1, -0.05) is 46.3 Å². The van der Waals surface area contributed by atoms with Crippen LogP contribution < -0.4 is 10.6 Å². The largest absolute Gasteiger partial charge is 0.370 e. The molecule has 0 fully saturated rings. The van der Waals surface area contributed by atoms with Gasteiger partial charge >= 0.3 is 0 Å². The molecule has 2 aromatic carbocycles. The number of rotatable bonds is 3. The lowest BCUT2D eigenvalue weighted by atomic mass is 10.0. The standard InChI is InChI=1S/C16H16BrN3/c17-13-6-8-14(9-7-13)20-15(11-19-16(20)18)10-12-4-2-1-3-5-12/h1-9,15H,10-11H2,(H2,18,19). The Morgan fingerprint density at radius 2 is 1.80 bits per heavy atom. The van der Waals surface area contributed by atoms with Crippen molar-refractivity contribution in [1.82, 2.24) is 0 Å². The molecule has 0 aromatic heterocycles. The third-order valence-electron chi connectivity index (χ3n) is 3.49. The normalized spacial score (nSPS) is 18.1. The van der Waals surface area contributed by atoms with Crippen LogP contribution >= 0.6 is 15.9 Å². The number of benzene rings is 2. The van der Waals surface area contributed by atoms with Gasteiger partial charge in [0.25, 0.3) is 0 Å². The molecule has 0 radical (unpaired) electrons. The maximum absolute atomic E-state index is 6.06. The van der Waals surface area contributed by atoms with E-state index >= 15 is 0 Å². The van der Waals surface area contributed by atoms with Gasteiger partial charge in [0.05, 0.1) is 12.6 Å². The van der Waals surface area contributed by atoms with Gasteiger partial charge in [-0.05, 0) is 36.2 Å². The molecule has 102 valence electrons. The maximum atomic E-state index is 6.06. The number of nitrogens with two attached hydrogens (primary N) is 1. The molecule has 0 aliphatic carbocycles. The fourth-order valence-electron chi connectivity index (χ4n) is 2.53. The predicted octanol–water partition coefficient (Wildman–Crippen LogP) is 3.20. The summed E-state index contributed by atoms with van der Waals surface area (Å²) >= 11 is 3.46. The summed E-state index contributed by atoms with van der Waals surface area (Å²) in [6.07, 6.45) is 0.946. The number of hydrogen-bond donors (Lipinski definition) is 1. The second-order valence-electron chi connectivity index (χ2n) is 4.89. The van der Waals surface area contributed by atoms with E-state index in [9.17, 15) is 0 Å². The van der Waals surface area contributed by atoms with Crippen LogP contribution in [0.4, 0.5) is 5.69 Å². The zero-order valence-corrected chi connectivity index (χ0v) is 12.6. The topological polar surface area (TPSA) is 41.6 Å². The first-order valence-electron chi connectivity index (χ1n) is 6.63. The average Bonchev–Trinajstić information content (AvgIpc) is 2.82. The second kappa shape index (κ2) is 5.67. The Labute approximate surface area is 127 Å². The van der Waals surface area contributed by atoms with E-state index in [1.165, 1.54) is 5.56 Å². The monoisotopic (exact) mass is 329 g/mol. The van der Waals surface area contributed by atoms with E-state index in [2.05, 4.69) is 62.2 Å². The highest BCUT2D eigenvalue weighted by molar-refractivity contribution is 9.10. The highest BCUT2D eigenvalue weighted by Gasteiger charge is 2.27. The van der Waals surface area contributed by atoms with Crippen molar-refractivity contribution in [3.8, 4) is 0 Å². The van der Waals surface area contributed by atoms with Crippen molar-refractivity contribution in [2.24, 2.45) is 10.7 Å². The van der Waals surface area contributed by atoms with Crippen molar-refractivity contribution in [3.05, 3.63) is 64.6 Å². The first-order chi connectivity index (χ1) is 9.74. The summed E-state index contributed by atoms with van der Waals surface area (Å²) in [7, 11) is 0. The summed E-state index contributed by atoms with van der Waals surface area (Å²) in [4.78, 5) is 6.53. The lowest BCUT2D eigenvalue weighted by Gasteiger charge is -2.26. The maximum Gasteiger partial charge on any atom is 0.196 e. The van der Waals surface area contributed by atoms with Crippen molar-refractivity contribution in [2.75, 3.05) is 11.4 Å². The van der Waals surface area contributed by atoms with Gasteiger partial charge in [-0.15, -0.1) is 0 Å². The Kier molecular flexibility index (Phi) is 3.74. The van der Waals surface area contributed by atoms with Crippen LogP contribution in [0.25, 0.3) is 0 Å². The van der Waals surface area contributed by atoms with E-state index in [0.29, 0.717) is 12.0 Å². The predicted molar refractivity (Wildman–Crippen MR) is 87.0 cm³/mol. The average molecular weight is 330 g/mol. The molecule has 0 amide bonds. The van der Waals surface area contributed by atoms with Gasteiger partial charge in [-0.3, -0.25) is 4.99 Å². The van der Waals surface area contributed by atoms with E-state index in [-0.39, 0.29) is 0 Å². The minimum Gasteiger partial charge on any atom is -0.370 e. The van der Waals surface area contributed by atoms with Crippen molar-refractivity contribution >= 4 is 27.6 Å². The number of aliphatic imine (C=N–C) groups is 1. The molecule has 0 saturated carbocycles. The third-order valence-corrected chi connectivity index (χ3v) is 4.02. The quantitative estimate of drug-likeness (QED) is 0.939. The van der Waals surface area contributed by atoms with Crippen LogP contribution in [0, 0.1) is 0 Å². The van der Waals surface area contributed by atoms with Crippen molar-refractivity contribution < 1.29 is 0 Å². The lowest BCUT2D eigenvalue weighted by molar-refractivity contribution is 0.704. The first-order valence-corrected chi connectivity index (χ1v) is 7.42. The number of hydrogen-bond acceptors (Lipinski definition) is 3.